The molecule has 3 aromatic carbocycles. The molecule has 1 aromatic heterocycles. The predicted molar refractivity (Wildman–Crippen MR) is 128 cm³/mol. The van der Waals surface area contributed by atoms with Gasteiger partial charge < -0.3 is 9.47 Å². The van der Waals surface area contributed by atoms with Crippen molar-refractivity contribution in [3.63, 3.8) is 0 Å². The summed E-state index contributed by atoms with van der Waals surface area (Å²) in [4.78, 5) is 30.2. The van der Waals surface area contributed by atoms with Crippen molar-refractivity contribution in [1.29, 1.82) is 0 Å². The summed E-state index contributed by atoms with van der Waals surface area (Å²) in [5.74, 6) is 0.667. The highest BCUT2D eigenvalue weighted by molar-refractivity contribution is 6.30. The number of ether oxygens (including phenoxy) is 2. The Morgan fingerprint density at radius 1 is 1.06 bits per heavy atom. The van der Waals surface area contributed by atoms with Gasteiger partial charge in [-0.05, 0) is 79.9 Å². The average molecular weight is 473 g/mol. The minimum atomic E-state index is -1.06. The average Bonchev–Trinajstić information content (AvgIpc) is 3.34. The molecule has 34 heavy (non-hydrogen) atoms. The van der Waals surface area contributed by atoms with Crippen LogP contribution < -0.4 is 9.47 Å². The fourth-order valence-corrected chi connectivity index (χ4v) is 4.12. The number of ketones is 1. The molecule has 1 aliphatic rings. The van der Waals surface area contributed by atoms with Crippen LogP contribution in [0.15, 0.2) is 85.2 Å². The Hall–Kier alpha value is -3.90. The molecule has 0 spiro atoms. The number of para-hydroxylation sites is 1. The molecular formula is C27H21ClN2O4. The Bertz CT molecular complexity index is 1370. The van der Waals surface area contributed by atoms with Crippen molar-refractivity contribution < 1.29 is 19.1 Å². The first-order valence-electron chi connectivity index (χ1n) is 10.9. The minimum absolute atomic E-state index is 0.190. The number of carbonyl (C=O) groups is 2. The lowest BCUT2D eigenvalue weighted by Gasteiger charge is -2.34. The van der Waals surface area contributed by atoms with Crippen molar-refractivity contribution in [1.82, 2.24) is 9.55 Å². The molecule has 0 saturated carbocycles. The Balaban J connectivity index is 1.34. The molecule has 0 aliphatic carbocycles. The molecule has 4 aromatic rings. The second kappa shape index (κ2) is 8.80. The van der Waals surface area contributed by atoms with Gasteiger partial charge in [0.25, 0.3) is 0 Å². The maximum atomic E-state index is 13.5. The summed E-state index contributed by atoms with van der Waals surface area (Å²) < 4.78 is 13.5. The van der Waals surface area contributed by atoms with Crippen LogP contribution in [0.1, 0.15) is 39.9 Å². The Morgan fingerprint density at radius 2 is 1.82 bits per heavy atom. The number of Topliss-reactive ketones (excluding diaryl/α,β-unsaturated/α-hetero) is 1. The molecule has 2 heterocycles. The first-order chi connectivity index (χ1) is 16.4. The standard InChI is InChI=1S/C27H21ClN2O4/c1-27(24(31)25-29-15-16-30(25)21-5-3-2-4-6-21)14-13-19-17-22(11-12-23(19)34-27)33-26(32)18-7-9-20(28)10-8-18/h2-12,15-17H,13-14H2,1H3/t27-/m1/s1. The first kappa shape index (κ1) is 21.9. The fourth-order valence-electron chi connectivity index (χ4n) is 4.00. The van der Waals surface area contributed by atoms with Gasteiger partial charge in [-0.1, -0.05) is 29.8 Å². The van der Waals surface area contributed by atoms with Crippen LogP contribution in [0.25, 0.3) is 5.69 Å². The third-order valence-electron chi connectivity index (χ3n) is 5.89. The Kier molecular flexibility index (Phi) is 5.67. The number of aryl methyl sites for hydroxylation is 1. The smallest absolute Gasteiger partial charge is 0.343 e. The first-order valence-corrected chi connectivity index (χ1v) is 11.2. The van der Waals surface area contributed by atoms with Gasteiger partial charge in [-0.3, -0.25) is 9.36 Å². The summed E-state index contributed by atoms with van der Waals surface area (Å²) >= 11 is 5.88. The molecule has 5 rings (SSSR count). The SMILES string of the molecule is C[C@]1(C(=O)c2nccn2-c2ccccc2)CCc2cc(OC(=O)c3ccc(Cl)cc3)ccc2O1. The van der Waals surface area contributed by atoms with Crippen molar-refractivity contribution in [3.05, 3.63) is 107 Å². The van der Waals surface area contributed by atoms with Crippen LogP contribution in [-0.4, -0.2) is 26.9 Å². The monoisotopic (exact) mass is 472 g/mol. The van der Waals surface area contributed by atoms with E-state index < -0.39 is 11.6 Å². The molecule has 1 atom stereocenters. The zero-order chi connectivity index (χ0) is 23.7. The van der Waals surface area contributed by atoms with Crippen LogP contribution in [0, 0.1) is 0 Å². The number of carbonyl (C=O) groups excluding carboxylic acids is 2. The number of rotatable bonds is 5. The normalized spacial score (nSPS) is 16.9. The molecule has 7 heteroatoms. The maximum absolute atomic E-state index is 13.5. The van der Waals surface area contributed by atoms with Gasteiger partial charge in [0.05, 0.1) is 5.56 Å². The number of benzene rings is 3. The highest BCUT2D eigenvalue weighted by Crippen LogP contribution is 2.37. The lowest BCUT2D eigenvalue weighted by atomic mass is 9.88. The number of imidazole rings is 1. The number of fused-ring (bicyclic) bond motifs is 1. The quantitative estimate of drug-likeness (QED) is 0.211. The molecule has 0 N–H and O–H groups in total. The van der Waals surface area contributed by atoms with Gasteiger partial charge in [0, 0.05) is 23.1 Å². The van der Waals surface area contributed by atoms with Gasteiger partial charge in [0.15, 0.2) is 11.4 Å². The van der Waals surface area contributed by atoms with E-state index in [4.69, 9.17) is 21.1 Å². The molecule has 0 saturated heterocycles. The van der Waals surface area contributed by atoms with E-state index in [0.29, 0.717) is 40.8 Å². The molecule has 0 amide bonds. The van der Waals surface area contributed by atoms with Crippen LogP contribution in [0.5, 0.6) is 11.5 Å². The summed E-state index contributed by atoms with van der Waals surface area (Å²) in [5.41, 5.74) is 1.07. The van der Waals surface area contributed by atoms with Crippen LogP contribution >= 0.6 is 11.6 Å². The third-order valence-corrected chi connectivity index (χ3v) is 6.14. The Labute approximate surface area is 201 Å². The fraction of sp³-hybridized carbons (Fsp3) is 0.148. The van der Waals surface area contributed by atoms with Crippen LogP contribution in [0.2, 0.25) is 5.02 Å². The van der Waals surface area contributed by atoms with Crippen molar-refractivity contribution in [2.45, 2.75) is 25.4 Å². The number of halogens is 1. The molecule has 6 nitrogen and oxygen atoms in total. The molecule has 170 valence electrons. The summed E-state index contributed by atoms with van der Waals surface area (Å²) in [6, 6.07) is 21.3. The van der Waals surface area contributed by atoms with E-state index in [9.17, 15) is 9.59 Å². The number of esters is 1. The van der Waals surface area contributed by atoms with Crippen LogP contribution in [0.4, 0.5) is 0 Å². The van der Waals surface area contributed by atoms with E-state index in [0.717, 1.165) is 11.3 Å². The van der Waals surface area contributed by atoms with Crippen molar-refractivity contribution >= 4 is 23.4 Å². The molecule has 0 unspecified atom stereocenters. The van der Waals surface area contributed by atoms with Gasteiger partial charge in [0.1, 0.15) is 11.5 Å². The zero-order valence-corrected chi connectivity index (χ0v) is 19.2. The molecule has 0 bridgehead atoms. The topological polar surface area (TPSA) is 70.4 Å². The summed E-state index contributed by atoms with van der Waals surface area (Å²) in [7, 11) is 0. The third kappa shape index (κ3) is 4.20. The van der Waals surface area contributed by atoms with E-state index in [2.05, 4.69) is 4.98 Å². The summed E-state index contributed by atoms with van der Waals surface area (Å²) in [5, 5.41) is 0.548. The highest BCUT2D eigenvalue weighted by atomic mass is 35.5. The van der Waals surface area contributed by atoms with E-state index in [1.807, 2.05) is 30.3 Å². The van der Waals surface area contributed by atoms with Gasteiger partial charge >= 0.3 is 5.97 Å². The van der Waals surface area contributed by atoms with Crippen LogP contribution in [0.3, 0.4) is 0 Å². The largest absolute Gasteiger partial charge is 0.479 e. The number of hydrogen-bond acceptors (Lipinski definition) is 5. The predicted octanol–water partition coefficient (Wildman–Crippen LogP) is 5.71. The second-order valence-corrected chi connectivity index (χ2v) is 8.72. The van der Waals surface area contributed by atoms with Gasteiger partial charge in [-0.25, -0.2) is 9.78 Å². The highest BCUT2D eigenvalue weighted by Gasteiger charge is 2.41. The van der Waals surface area contributed by atoms with Gasteiger partial charge in [0.2, 0.25) is 5.78 Å². The second-order valence-electron chi connectivity index (χ2n) is 8.28. The maximum Gasteiger partial charge on any atom is 0.343 e. The van der Waals surface area contributed by atoms with E-state index in [1.165, 1.54) is 0 Å². The van der Waals surface area contributed by atoms with Crippen molar-refractivity contribution in [2.75, 3.05) is 0 Å². The lowest BCUT2D eigenvalue weighted by Crippen LogP contribution is -2.45. The summed E-state index contributed by atoms with van der Waals surface area (Å²) in [6.07, 6.45) is 4.44. The number of aromatic nitrogens is 2. The molecule has 1 aliphatic heterocycles. The van der Waals surface area contributed by atoms with Crippen molar-refractivity contribution in [2.24, 2.45) is 0 Å². The van der Waals surface area contributed by atoms with E-state index in [1.54, 1.807) is 66.3 Å². The minimum Gasteiger partial charge on any atom is -0.479 e. The van der Waals surface area contributed by atoms with Crippen molar-refractivity contribution in [3.8, 4) is 17.2 Å². The number of nitrogens with zero attached hydrogens (tertiary/aromatic N) is 2. The van der Waals surface area contributed by atoms with Gasteiger partial charge in [-0.2, -0.15) is 0 Å². The number of hydrogen-bond donors (Lipinski definition) is 0. The lowest BCUT2D eigenvalue weighted by molar-refractivity contribution is 0.0420. The Morgan fingerprint density at radius 3 is 2.59 bits per heavy atom. The molecule has 0 radical (unpaired) electrons. The van der Waals surface area contributed by atoms with Gasteiger partial charge in [-0.15, -0.1) is 0 Å². The zero-order valence-electron chi connectivity index (χ0n) is 18.4. The van der Waals surface area contributed by atoms with E-state index >= 15 is 0 Å². The van der Waals surface area contributed by atoms with E-state index in [-0.39, 0.29) is 5.78 Å². The molecule has 0 fully saturated rings. The van der Waals surface area contributed by atoms with Crippen LogP contribution in [-0.2, 0) is 6.42 Å². The molecular weight excluding hydrogens is 452 g/mol. The summed E-state index contributed by atoms with van der Waals surface area (Å²) in [6.45, 7) is 1.79.